The number of methoxy groups -OCH3 is 2. The highest BCUT2D eigenvalue weighted by Gasteiger charge is 2.33. The van der Waals surface area contributed by atoms with Crippen LogP contribution in [-0.4, -0.2) is 56.1 Å². The third-order valence-electron chi connectivity index (χ3n) is 6.45. The van der Waals surface area contributed by atoms with Crippen molar-refractivity contribution >= 4 is 5.91 Å². The summed E-state index contributed by atoms with van der Waals surface area (Å²) in [4.78, 5) is 17.6. The van der Waals surface area contributed by atoms with Gasteiger partial charge in [-0.2, -0.15) is 0 Å². The molecule has 0 N–H and O–H groups in total. The lowest BCUT2D eigenvalue weighted by molar-refractivity contribution is -0.133. The molecule has 0 spiro atoms. The second kappa shape index (κ2) is 10.1. The van der Waals surface area contributed by atoms with Gasteiger partial charge in [-0.1, -0.05) is 32.1 Å². The predicted octanol–water partition coefficient (Wildman–Crippen LogP) is 4.41. The fourth-order valence-corrected chi connectivity index (χ4v) is 4.80. The molecule has 5 heteroatoms. The van der Waals surface area contributed by atoms with Crippen LogP contribution in [0.15, 0.2) is 18.2 Å². The van der Waals surface area contributed by atoms with Crippen LogP contribution in [0.3, 0.4) is 0 Å². The third-order valence-corrected chi connectivity index (χ3v) is 6.45. The average Bonchev–Trinajstić information content (AvgIpc) is 3.16. The van der Waals surface area contributed by atoms with Gasteiger partial charge in [0.25, 0.3) is 0 Å². The number of hydrogen-bond acceptors (Lipinski definition) is 4. The lowest BCUT2D eigenvalue weighted by Gasteiger charge is -2.32. The predicted molar refractivity (Wildman–Crippen MR) is 112 cm³/mol. The van der Waals surface area contributed by atoms with Crippen molar-refractivity contribution in [2.24, 2.45) is 0 Å². The first kappa shape index (κ1) is 21.0. The third kappa shape index (κ3) is 4.99. The number of hydrogen-bond donors (Lipinski definition) is 0. The molecular formula is C23H36N2O3. The van der Waals surface area contributed by atoms with Crippen molar-refractivity contribution in [1.82, 2.24) is 9.80 Å². The van der Waals surface area contributed by atoms with Crippen molar-refractivity contribution < 1.29 is 14.3 Å². The summed E-state index contributed by atoms with van der Waals surface area (Å²) in [6, 6.07) is 6.48. The number of ether oxygens (including phenoxy) is 2. The van der Waals surface area contributed by atoms with E-state index in [-0.39, 0.29) is 11.9 Å². The molecule has 28 heavy (non-hydrogen) atoms. The van der Waals surface area contributed by atoms with E-state index in [1.807, 2.05) is 18.2 Å². The van der Waals surface area contributed by atoms with E-state index < -0.39 is 0 Å². The van der Waals surface area contributed by atoms with E-state index in [0.29, 0.717) is 12.6 Å². The van der Waals surface area contributed by atoms with Gasteiger partial charge in [-0.25, -0.2) is 0 Å². The molecule has 1 unspecified atom stereocenters. The summed E-state index contributed by atoms with van der Waals surface area (Å²) < 4.78 is 11.0. The number of rotatable bonds is 6. The van der Waals surface area contributed by atoms with Gasteiger partial charge in [0.05, 0.1) is 26.8 Å². The summed E-state index contributed by atoms with van der Waals surface area (Å²) >= 11 is 0. The van der Waals surface area contributed by atoms with Crippen LogP contribution in [0.5, 0.6) is 11.5 Å². The molecule has 1 atom stereocenters. The molecule has 0 bridgehead atoms. The summed E-state index contributed by atoms with van der Waals surface area (Å²) in [6.07, 6.45) is 11.1. The Labute approximate surface area is 170 Å². The van der Waals surface area contributed by atoms with Crippen LogP contribution >= 0.6 is 0 Å². The van der Waals surface area contributed by atoms with Gasteiger partial charge in [0.15, 0.2) is 0 Å². The Balaban J connectivity index is 1.69. The summed E-state index contributed by atoms with van der Waals surface area (Å²) in [5.74, 6) is 1.87. The maximum Gasteiger partial charge on any atom is 0.237 e. The highest BCUT2D eigenvalue weighted by Crippen LogP contribution is 2.39. The summed E-state index contributed by atoms with van der Waals surface area (Å²) in [5.41, 5.74) is 1.06. The molecule has 0 aromatic heterocycles. The molecular weight excluding hydrogens is 352 g/mol. The van der Waals surface area contributed by atoms with Gasteiger partial charge in [0.1, 0.15) is 11.5 Å². The van der Waals surface area contributed by atoms with Crippen molar-refractivity contribution in [2.45, 2.75) is 69.9 Å². The van der Waals surface area contributed by atoms with E-state index in [1.165, 1.54) is 44.9 Å². The minimum atomic E-state index is 0.0725. The van der Waals surface area contributed by atoms with Gasteiger partial charge in [0.2, 0.25) is 5.91 Å². The zero-order valence-corrected chi connectivity index (χ0v) is 17.8. The van der Waals surface area contributed by atoms with E-state index in [9.17, 15) is 4.79 Å². The zero-order valence-electron chi connectivity index (χ0n) is 17.8. The number of amides is 1. The van der Waals surface area contributed by atoms with Crippen molar-refractivity contribution in [2.75, 3.05) is 34.4 Å². The summed E-state index contributed by atoms with van der Waals surface area (Å²) in [6.45, 7) is 1.33. The average molecular weight is 389 g/mol. The molecule has 1 saturated heterocycles. The van der Waals surface area contributed by atoms with Crippen LogP contribution in [0.2, 0.25) is 0 Å². The zero-order chi connectivity index (χ0) is 19.9. The fourth-order valence-electron chi connectivity index (χ4n) is 4.80. The quantitative estimate of drug-likeness (QED) is 0.724. The van der Waals surface area contributed by atoms with Crippen LogP contribution in [0.1, 0.15) is 69.4 Å². The van der Waals surface area contributed by atoms with Gasteiger partial charge >= 0.3 is 0 Å². The summed E-state index contributed by atoms with van der Waals surface area (Å²) in [7, 11) is 5.49. The molecule has 1 aromatic rings. The number of carbonyl (C=O) groups is 1. The van der Waals surface area contributed by atoms with E-state index in [4.69, 9.17) is 9.47 Å². The van der Waals surface area contributed by atoms with Gasteiger partial charge in [-0.3, -0.25) is 9.69 Å². The first-order valence-corrected chi connectivity index (χ1v) is 10.9. The Morgan fingerprint density at radius 2 is 1.75 bits per heavy atom. The summed E-state index contributed by atoms with van der Waals surface area (Å²) in [5, 5.41) is 0. The molecule has 1 aliphatic carbocycles. The lowest BCUT2D eigenvalue weighted by Crippen LogP contribution is -2.42. The molecule has 1 aromatic carbocycles. The van der Waals surface area contributed by atoms with Gasteiger partial charge in [0, 0.05) is 18.2 Å². The normalized spacial score (nSPS) is 21.4. The van der Waals surface area contributed by atoms with Crippen molar-refractivity contribution in [3.63, 3.8) is 0 Å². The van der Waals surface area contributed by atoms with Crippen molar-refractivity contribution in [1.29, 1.82) is 0 Å². The topological polar surface area (TPSA) is 42.0 Å². The Bertz CT molecular complexity index is 641. The number of nitrogens with zero attached hydrogens (tertiary/aromatic N) is 2. The minimum Gasteiger partial charge on any atom is -0.497 e. The van der Waals surface area contributed by atoms with Gasteiger partial charge in [-0.05, 0) is 50.9 Å². The van der Waals surface area contributed by atoms with Gasteiger partial charge in [-0.15, -0.1) is 0 Å². The molecule has 1 aliphatic heterocycles. The van der Waals surface area contributed by atoms with E-state index >= 15 is 0 Å². The lowest BCUT2D eigenvalue weighted by atomic mass is 9.96. The van der Waals surface area contributed by atoms with E-state index in [1.54, 1.807) is 14.2 Å². The second-order valence-corrected chi connectivity index (χ2v) is 8.27. The van der Waals surface area contributed by atoms with Crippen molar-refractivity contribution in [3.8, 4) is 11.5 Å². The monoisotopic (exact) mass is 388 g/mol. The first-order chi connectivity index (χ1) is 13.6. The van der Waals surface area contributed by atoms with Crippen LogP contribution in [0.25, 0.3) is 0 Å². The molecule has 1 saturated carbocycles. The van der Waals surface area contributed by atoms with Crippen LogP contribution in [-0.2, 0) is 4.79 Å². The van der Waals surface area contributed by atoms with Crippen molar-refractivity contribution in [3.05, 3.63) is 23.8 Å². The van der Waals surface area contributed by atoms with Crippen LogP contribution in [0, 0.1) is 0 Å². The Morgan fingerprint density at radius 3 is 2.43 bits per heavy atom. The Hall–Kier alpha value is -1.75. The van der Waals surface area contributed by atoms with Gasteiger partial charge < -0.3 is 14.4 Å². The molecule has 1 amide bonds. The molecule has 5 nitrogen and oxygen atoms in total. The number of likely N-dealkylation sites (tertiary alicyclic amines) is 1. The maximum absolute atomic E-state index is 13.2. The number of carbonyl (C=O) groups excluding carboxylic acids is 1. The molecule has 3 rings (SSSR count). The number of benzene rings is 1. The molecule has 2 aliphatic rings. The van der Waals surface area contributed by atoms with E-state index in [2.05, 4.69) is 16.8 Å². The van der Waals surface area contributed by atoms with E-state index in [0.717, 1.165) is 36.4 Å². The first-order valence-electron chi connectivity index (χ1n) is 10.9. The smallest absolute Gasteiger partial charge is 0.237 e. The second-order valence-electron chi connectivity index (χ2n) is 8.27. The van der Waals surface area contributed by atoms with Crippen LogP contribution < -0.4 is 9.47 Å². The minimum absolute atomic E-state index is 0.0725. The SMILES string of the molecule is COc1ccc(OC)c(C2CCCN2C(=O)CN(C)C2CCCCCCC2)c1. The largest absolute Gasteiger partial charge is 0.497 e. The highest BCUT2D eigenvalue weighted by atomic mass is 16.5. The number of likely N-dealkylation sites (N-methyl/N-ethyl adjacent to an activating group) is 1. The molecule has 156 valence electrons. The standard InChI is InChI=1S/C23H36N2O3/c1-24(18-10-7-5-4-6-8-11-18)17-23(26)25-15-9-12-21(25)20-16-19(27-2)13-14-22(20)28-3/h13-14,16,18,21H,4-12,15,17H2,1-3H3. The molecule has 1 heterocycles. The maximum atomic E-state index is 13.2. The highest BCUT2D eigenvalue weighted by molar-refractivity contribution is 5.79. The Morgan fingerprint density at radius 1 is 1.04 bits per heavy atom. The molecule has 0 radical (unpaired) electrons. The fraction of sp³-hybridized carbons (Fsp3) is 0.696. The van der Waals surface area contributed by atoms with Crippen LogP contribution in [0.4, 0.5) is 0 Å². The Kier molecular flexibility index (Phi) is 7.60. The molecule has 2 fully saturated rings.